The van der Waals surface area contributed by atoms with Crippen LogP contribution in [0.5, 0.6) is 5.75 Å². The van der Waals surface area contributed by atoms with E-state index >= 15 is 0 Å². The number of nitrogens with zero attached hydrogens (tertiary/aromatic N) is 1. The molecule has 1 heterocycles. The van der Waals surface area contributed by atoms with Gasteiger partial charge in [0.1, 0.15) is 12.3 Å². The average molecular weight is 334 g/mol. The highest BCUT2D eigenvalue weighted by atomic mass is 16.5. The summed E-state index contributed by atoms with van der Waals surface area (Å²) in [7, 11) is 0. The maximum Gasteiger partial charge on any atom is 0.326 e. The third-order valence-electron chi connectivity index (χ3n) is 3.27. The maximum absolute atomic E-state index is 12.1. The van der Waals surface area contributed by atoms with Crippen molar-refractivity contribution in [2.45, 2.75) is 39.3 Å². The van der Waals surface area contributed by atoms with Crippen LogP contribution in [-0.2, 0) is 19.1 Å². The molecule has 24 heavy (non-hydrogen) atoms. The summed E-state index contributed by atoms with van der Waals surface area (Å²) in [5, 5.41) is 2.74. The third-order valence-corrected chi connectivity index (χ3v) is 3.27. The van der Waals surface area contributed by atoms with Crippen LogP contribution < -0.4 is 15.0 Å². The number of hydrogen-bond donors (Lipinski definition) is 1. The van der Waals surface area contributed by atoms with Gasteiger partial charge in [-0.25, -0.2) is 0 Å². The normalized spacial score (nSPS) is 15.2. The van der Waals surface area contributed by atoms with E-state index < -0.39 is 17.6 Å². The lowest BCUT2D eigenvalue weighted by atomic mass is 10.1. The van der Waals surface area contributed by atoms with Crippen LogP contribution in [0, 0.1) is 0 Å². The molecule has 0 fully saturated rings. The number of fused-ring (bicyclic) bond motifs is 1. The van der Waals surface area contributed by atoms with Gasteiger partial charge in [0.15, 0.2) is 12.7 Å². The van der Waals surface area contributed by atoms with E-state index in [9.17, 15) is 14.4 Å². The lowest BCUT2D eigenvalue weighted by molar-refractivity contribution is -0.154. The topological polar surface area (TPSA) is 84.9 Å². The monoisotopic (exact) mass is 334 g/mol. The van der Waals surface area contributed by atoms with Gasteiger partial charge >= 0.3 is 5.97 Å². The average Bonchev–Trinajstić information content (AvgIpc) is 2.48. The minimum Gasteiger partial charge on any atom is -0.482 e. The molecular formula is C17H22N2O5. The fourth-order valence-electron chi connectivity index (χ4n) is 2.22. The van der Waals surface area contributed by atoms with Crippen LogP contribution in [0.15, 0.2) is 24.3 Å². The van der Waals surface area contributed by atoms with Gasteiger partial charge in [0.25, 0.3) is 11.8 Å². The van der Waals surface area contributed by atoms with Crippen LogP contribution in [-0.4, -0.2) is 42.6 Å². The first-order valence-electron chi connectivity index (χ1n) is 7.71. The van der Waals surface area contributed by atoms with Gasteiger partial charge in [-0.3, -0.25) is 19.3 Å². The van der Waals surface area contributed by atoms with Crippen LogP contribution in [0.2, 0.25) is 0 Å². The molecule has 0 bridgehead atoms. The molecule has 1 aliphatic rings. The van der Waals surface area contributed by atoms with Crippen molar-refractivity contribution in [1.82, 2.24) is 5.32 Å². The molecule has 2 rings (SSSR count). The number of amides is 2. The summed E-state index contributed by atoms with van der Waals surface area (Å²) in [6.45, 7) is 6.60. The fraction of sp³-hybridized carbons (Fsp3) is 0.471. The lowest BCUT2D eigenvalue weighted by Crippen LogP contribution is -2.47. The van der Waals surface area contributed by atoms with Gasteiger partial charge in [-0.1, -0.05) is 12.1 Å². The number of para-hydroxylation sites is 2. The number of carbonyl (C=O) groups is 3. The minimum absolute atomic E-state index is 0.135. The van der Waals surface area contributed by atoms with Gasteiger partial charge in [0.2, 0.25) is 0 Å². The molecule has 130 valence electrons. The van der Waals surface area contributed by atoms with Crippen molar-refractivity contribution >= 4 is 23.5 Å². The highest BCUT2D eigenvalue weighted by molar-refractivity contribution is 6.01. The van der Waals surface area contributed by atoms with Crippen molar-refractivity contribution in [3.8, 4) is 5.75 Å². The van der Waals surface area contributed by atoms with Crippen molar-refractivity contribution in [3.63, 3.8) is 0 Å². The Morgan fingerprint density at radius 1 is 1.33 bits per heavy atom. The number of hydrogen-bond acceptors (Lipinski definition) is 5. The zero-order chi connectivity index (χ0) is 17.9. The predicted molar refractivity (Wildman–Crippen MR) is 87.7 cm³/mol. The second-order valence-electron chi connectivity index (χ2n) is 6.61. The van der Waals surface area contributed by atoms with Gasteiger partial charge in [0.05, 0.1) is 5.69 Å². The summed E-state index contributed by atoms with van der Waals surface area (Å²) in [6, 6.07) is 6.94. The molecule has 0 aliphatic carbocycles. The zero-order valence-electron chi connectivity index (χ0n) is 14.3. The van der Waals surface area contributed by atoms with Gasteiger partial charge in [-0.05, 0) is 39.8 Å². The molecule has 0 saturated carbocycles. The molecule has 1 N–H and O–H groups in total. The summed E-state index contributed by atoms with van der Waals surface area (Å²) < 4.78 is 10.5. The predicted octanol–water partition coefficient (Wildman–Crippen LogP) is 1.26. The standard InChI is InChI=1S/C17H22N2O5/c1-11(16(22)18-17(2,3)4)24-15(21)9-19-12-7-5-6-8-13(12)23-10-14(19)20/h5-8,11H,9-10H2,1-4H3,(H,18,22). The second-order valence-corrected chi connectivity index (χ2v) is 6.61. The molecule has 0 spiro atoms. The lowest BCUT2D eigenvalue weighted by Gasteiger charge is -2.29. The summed E-state index contributed by atoms with van der Waals surface area (Å²) in [5.41, 5.74) is 0.0918. The number of nitrogens with one attached hydrogen (secondary N) is 1. The van der Waals surface area contributed by atoms with Crippen molar-refractivity contribution in [3.05, 3.63) is 24.3 Å². The summed E-state index contributed by atoms with van der Waals surface area (Å²) in [5.74, 6) is -0.845. The summed E-state index contributed by atoms with van der Waals surface area (Å²) >= 11 is 0. The first kappa shape index (κ1) is 17.8. The quantitative estimate of drug-likeness (QED) is 0.838. The van der Waals surface area contributed by atoms with Crippen LogP contribution >= 0.6 is 0 Å². The van der Waals surface area contributed by atoms with Gasteiger partial charge < -0.3 is 14.8 Å². The summed E-state index contributed by atoms with van der Waals surface area (Å²) in [4.78, 5) is 37.4. The Labute approximate surface area is 140 Å². The molecule has 0 radical (unpaired) electrons. The molecule has 1 aliphatic heterocycles. The summed E-state index contributed by atoms with van der Waals surface area (Å²) in [6.07, 6.45) is -0.942. The number of benzene rings is 1. The Morgan fingerprint density at radius 2 is 2.00 bits per heavy atom. The molecular weight excluding hydrogens is 312 g/mol. The molecule has 7 heteroatoms. The SMILES string of the molecule is CC(OC(=O)CN1C(=O)COc2ccccc21)C(=O)NC(C)(C)C. The maximum atomic E-state index is 12.1. The number of rotatable bonds is 4. The van der Waals surface area contributed by atoms with E-state index in [2.05, 4.69) is 5.32 Å². The molecule has 1 aromatic rings. The van der Waals surface area contributed by atoms with Crippen LogP contribution in [0.25, 0.3) is 0 Å². The van der Waals surface area contributed by atoms with E-state index in [4.69, 9.17) is 9.47 Å². The first-order valence-corrected chi connectivity index (χ1v) is 7.71. The van der Waals surface area contributed by atoms with Crippen molar-refractivity contribution in [2.24, 2.45) is 0 Å². The molecule has 2 amide bonds. The van der Waals surface area contributed by atoms with Crippen molar-refractivity contribution < 1.29 is 23.9 Å². The van der Waals surface area contributed by atoms with E-state index in [0.29, 0.717) is 11.4 Å². The van der Waals surface area contributed by atoms with E-state index in [1.165, 1.54) is 11.8 Å². The number of esters is 1. The molecule has 1 atom stereocenters. The Bertz CT molecular complexity index is 651. The Kier molecular flexibility index (Phi) is 5.11. The van der Waals surface area contributed by atoms with E-state index in [1.807, 2.05) is 20.8 Å². The van der Waals surface area contributed by atoms with Crippen LogP contribution in [0.3, 0.4) is 0 Å². The molecule has 0 aromatic heterocycles. The van der Waals surface area contributed by atoms with Crippen LogP contribution in [0.1, 0.15) is 27.7 Å². The van der Waals surface area contributed by atoms with E-state index in [1.54, 1.807) is 24.3 Å². The largest absolute Gasteiger partial charge is 0.482 e. The van der Waals surface area contributed by atoms with Crippen LogP contribution in [0.4, 0.5) is 5.69 Å². The fourth-order valence-corrected chi connectivity index (χ4v) is 2.22. The molecule has 1 unspecified atom stereocenters. The van der Waals surface area contributed by atoms with Crippen molar-refractivity contribution in [2.75, 3.05) is 18.1 Å². The highest BCUT2D eigenvalue weighted by Crippen LogP contribution is 2.31. The second kappa shape index (κ2) is 6.90. The van der Waals surface area contributed by atoms with Gasteiger partial charge in [-0.2, -0.15) is 0 Å². The number of anilines is 1. The first-order chi connectivity index (χ1) is 11.2. The van der Waals surface area contributed by atoms with Gasteiger partial charge in [-0.15, -0.1) is 0 Å². The molecule has 1 aromatic carbocycles. The smallest absolute Gasteiger partial charge is 0.326 e. The third kappa shape index (κ3) is 4.47. The molecule has 0 saturated heterocycles. The Balaban J connectivity index is 2.00. The van der Waals surface area contributed by atoms with Gasteiger partial charge in [0, 0.05) is 5.54 Å². The zero-order valence-corrected chi connectivity index (χ0v) is 14.3. The Hall–Kier alpha value is -2.57. The number of ether oxygens (including phenoxy) is 2. The van der Waals surface area contributed by atoms with Crippen molar-refractivity contribution in [1.29, 1.82) is 0 Å². The highest BCUT2D eigenvalue weighted by Gasteiger charge is 2.29. The van der Waals surface area contributed by atoms with E-state index in [0.717, 1.165) is 0 Å². The van der Waals surface area contributed by atoms with E-state index in [-0.39, 0.29) is 25.0 Å². The minimum atomic E-state index is -0.942. The number of carbonyl (C=O) groups excluding carboxylic acids is 3. The molecule has 7 nitrogen and oxygen atoms in total. The Morgan fingerprint density at radius 3 is 2.67 bits per heavy atom.